The average molecular weight is 362 g/mol. The van der Waals surface area contributed by atoms with E-state index in [-0.39, 0.29) is 12.7 Å². The molecule has 1 aliphatic rings. The lowest BCUT2D eigenvalue weighted by Crippen LogP contribution is -2.30. The van der Waals surface area contributed by atoms with Gasteiger partial charge in [0.15, 0.2) is 0 Å². The van der Waals surface area contributed by atoms with E-state index in [0.29, 0.717) is 18.2 Å². The number of amides is 2. The van der Waals surface area contributed by atoms with E-state index in [4.69, 9.17) is 9.47 Å². The Labute approximate surface area is 155 Å². The van der Waals surface area contributed by atoms with Crippen molar-refractivity contribution in [1.29, 1.82) is 0 Å². The number of nitrogens with one attached hydrogen (secondary N) is 2. The van der Waals surface area contributed by atoms with Gasteiger partial charge in [0.05, 0.1) is 0 Å². The van der Waals surface area contributed by atoms with Gasteiger partial charge >= 0.3 is 12.2 Å². The zero-order valence-electron chi connectivity index (χ0n) is 16.0. The van der Waals surface area contributed by atoms with Crippen molar-refractivity contribution >= 4 is 17.9 Å². The van der Waals surface area contributed by atoms with Crippen LogP contribution in [0, 0.1) is 5.92 Å². The highest BCUT2D eigenvalue weighted by Crippen LogP contribution is 2.22. The topological polar surface area (TPSA) is 76.7 Å². The zero-order valence-corrected chi connectivity index (χ0v) is 16.0. The van der Waals surface area contributed by atoms with E-state index in [2.05, 4.69) is 10.6 Å². The van der Waals surface area contributed by atoms with E-state index < -0.39 is 11.7 Å². The monoisotopic (exact) mass is 362 g/mol. The van der Waals surface area contributed by atoms with Gasteiger partial charge in [0, 0.05) is 12.2 Å². The molecule has 0 spiro atoms. The van der Waals surface area contributed by atoms with Crippen molar-refractivity contribution in [3.63, 3.8) is 0 Å². The third kappa shape index (κ3) is 7.76. The molecule has 0 aliphatic heterocycles. The molecule has 1 saturated carbocycles. The van der Waals surface area contributed by atoms with Gasteiger partial charge in [-0.15, -0.1) is 0 Å². The van der Waals surface area contributed by atoms with Gasteiger partial charge in [0.25, 0.3) is 0 Å². The molecule has 0 aromatic heterocycles. The Balaban J connectivity index is 1.69. The van der Waals surface area contributed by atoms with Crippen LogP contribution < -0.4 is 10.6 Å². The smallest absolute Gasteiger partial charge is 0.412 e. The zero-order chi connectivity index (χ0) is 19.0. The Morgan fingerprint density at radius 3 is 2.31 bits per heavy atom. The van der Waals surface area contributed by atoms with Crippen molar-refractivity contribution in [3.8, 4) is 0 Å². The van der Waals surface area contributed by atoms with Crippen LogP contribution >= 0.6 is 0 Å². The first kappa shape index (κ1) is 20.1. The number of ether oxygens (including phenoxy) is 2. The molecule has 0 unspecified atom stereocenters. The Bertz CT molecular complexity index is 587. The first-order valence-electron chi connectivity index (χ1n) is 9.31. The molecule has 0 saturated heterocycles. The summed E-state index contributed by atoms with van der Waals surface area (Å²) < 4.78 is 10.4. The van der Waals surface area contributed by atoms with Crippen molar-refractivity contribution in [1.82, 2.24) is 5.32 Å². The predicted molar refractivity (Wildman–Crippen MR) is 101 cm³/mol. The first-order valence-corrected chi connectivity index (χ1v) is 9.31. The predicted octanol–water partition coefficient (Wildman–Crippen LogP) is 4.84. The normalized spacial score (nSPS) is 15.2. The van der Waals surface area contributed by atoms with Gasteiger partial charge in [0.1, 0.15) is 12.2 Å². The fraction of sp³-hybridized carbons (Fsp3) is 0.600. The summed E-state index contributed by atoms with van der Waals surface area (Å²) in [5, 5.41) is 5.51. The first-order chi connectivity index (χ1) is 12.3. The highest BCUT2D eigenvalue weighted by Gasteiger charge is 2.16. The Morgan fingerprint density at radius 2 is 1.69 bits per heavy atom. The van der Waals surface area contributed by atoms with Gasteiger partial charge in [-0.25, -0.2) is 9.59 Å². The Kier molecular flexibility index (Phi) is 7.30. The van der Waals surface area contributed by atoms with Crippen molar-refractivity contribution < 1.29 is 19.1 Å². The van der Waals surface area contributed by atoms with Crippen LogP contribution in [0.1, 0.15) is 58.4 Å². The van der Waals surface area contributed by atoms with Crippen LogP contribution in [0.25, 0.3) is 0 Å². The number of carbonyl (C=O) groups is 2. The molecule has 6 nitrogen and oxygen atoms in total. The molecule has 2 amide bonds. The lowest BCUT2D eigenvalue weighted by molar-refractivity contribution is 0.0636. The minimum atomic E-state index is -0.539. The Hall–Kier alpha value is -2.24. The van der Waals surface area contributed by atoms with Crippen LogP contribution in [0.2, 0.25) is 0 Å². The van der Waals surface area contributed by atoms with Crippen LogP contribution in [-0.2, 0) is 16.1 Å². The minimum absolute atomic E-state index is 0.198. The summed E-state index contributed by atoms with van der Waals surface area (Å²) in [6, 6.07) is 7.12. The summed E-state index contributed by atoms with van der Waals surface area (Å²) in [5.41, 5.74) is 0.945. The second-order valence-corrected chi connectivity index (χ2v) is 7.78. The second-order valence-electron chi connectivity index (χ2n) is 7.78. The third-order valence-electron chi connectivity index (χ3n) is 4.23. The standard InChI is InChI=1S/C20H30N2O4/c1-20(2,3)26-19(24)22-17-11-9-16(10-12-17)14-25-18(23)21-13-15-7-5-4-6-8-15/h9-12,15H,4-8,13-14H2,1-3H3,(H,21,23)(H,22,24). The summed E-state index contributed by atoms with van der Waals surface area (Å²) in [6.07, 6.45) is 5.31. The quantitative estimate of drug-likeness (QED) is 0.786. The van der Waals surface area contributed by atoms with E-state index in [9.17, 15) is 9.59 Å². The number of benzene rings is 1. The molecule has 1 aromatic carbocycles. The molecular formula is C20H30N2O4. The highest BCUT2D eigenvalue weighted by molar-refractivity contribution is 5.84. The number of rotatable bonds is 5. The molecule has 0 radical (unpaired) electrons. The number of hydrogen-bond donors (Lipinski definition) is 2. The van der Waals surface area contributed by atoms with Crippen molar-refractivity contribution in [2.24, 2.45) is 5.92 Å². The molecule has 6 heteroatoms. The molecule has 0 atom stereocenters. The van der Waals surface area contributed by atoms with E-state index in [0.717, 1.165) is 5.56 Å². The van der Waals surface area contributed by atoms with Crippen LogP contribution in [-0.4, -0.2) is 24.3 Å². The fourth-order valence-corrected chi connectivity index (χ4v) is 2.92. The maximum absolute atomic E-state index is 11.8. The van der Waals surface area contributed by atoms with E-state index in [1.165, 1.54) is 32.1 Å². The summed E-state index contributed by atoms with van der Waals surface area (Å²) >= 11 is 0. The lowest BCUT2D eigenvalue weighted by Gasteiger charge is -2.21. The fourth-order valence-electron chi connectivity index (χ4n) is 2.92. The van der Waals surface area contributed by atoms with Gasteiger partial charge in [-0.1, -0.05) is 31.4 Å². The number of hydrogen-bond acceptors (Lipinski definition) is 4. The molecular weight excluding hydrogens is 332 g/mol. The molecule has 2 N–H and O–H groups in total. The van der Waals surface area contributed by atoms with Crippen molar-refractivity contribution in [2.75, 3.05) is 11.9 Å². The largest absolute Gasteiger partial charge is 0.445 e. The molecule has 1 aromatic rings. The van der Waals surface area contributed by atoms with Crippen molar-refractivity contribution in [3.05, 3.63) is 29.8 Å². The average Bonchev–Trinajstić information content (AvgIpc) is 2.58. The molecule has 144 valence electrons. The van der Waals surface area contributed by atoms with E-state index >= 15 is 0 Å². The van der Waals surface area contributed by atoms with Gasteiger partial charge in [-0.3, -0.25) is 5.32 Å². The van der Waals surface area contributed by atoms with Gasteiger partial charge in [-0.05, 0) is 57.2 Å². The minimum Gasteiger partial charge on any atom is -0.445 e. The number of carbonyl (C=O) groups excluding carboxylic acids is 2. The maximum Gasteiger partial charge on any atom is 0.412 e. The summed E-state index contributed by atoms with van der Waals surface area (Å²) in [4.78, 5) is 23.5. The van der Waals surface area contributed by atoms with Crippen LogP contribution in [0.4, 0.5) is 15.3 Å². The highest BCUT2D eigenvalue weighted by atomic mass is 16.6. The molecule has 1 aliphatic carbocycles. The summed E-state index contributed by atoms with van der Waals surface area (Å²) in [7, 11) is 0. The maximum atomic E-state index is 11.8. The molecule has 26 heavy (non-hydrogen) atoms. The third-order valence-corrected chi connectivity index (χ3v) is 4.23. The molecule has 0 heterocycles. The lowest BCUT2D eigenvalue weighted by atomic mass is 9.89. The molecule has 1 fully saturated rings. The van der Waals surface area contributed by atoms with Gasteiger partial charge in [-0.2, -0.15) is 0 Å². The Morgan fingerprint density at radius 1 is 1.04 bits per heavy atom. The summed E-state index contributed by atoms with van der Waals surface area (Å²) in [5.74, 6) is 0.578. The van der Waals surface area contributed by atoms with Gasteiger partial charge in [0.2, 0.25) is 0 Å². The van der Waals surface area contributed by atoms with Crippen LogP contribution in [0.15, 0.2) is 24.3 Å². The van der Waals surface area contributed by atoms with E-state index in [1.54, 1.807) is 24.3 Å². The van der Waals surface area contributed by atoms with Crippen LogP contribution in [0.5, 0.6) is 0 Å². The number of anilines is 1. The SMILES string of the molecule is CC(C)(C)OC(=O)Nc1ccc(COC(=O)NCC2CCCCC2)cc1. The van der Waals surface area contributed by atoms with Crippen LogP contribution in [0.3, 0.4) is 0 Å². The molecule has 0 bridgehead atoms. The summed E-state index contributed by atoms with van der Waals surface area (Å²) in [6.45, 7) is 6.33. The van der Waals surface area contributed by atoms with E-state index in [1.807, 2.05) is 20.8 Å². The second kappa shape index (κ2) is 9.46. The van der Waals surface area contributed by atoms with Crippen molar-refractivity contribution in [2.45, 2.75) is 65.1 Å². The van der Waals surface area contributed by atoms with Gasteiger partial charge < -0.3 is 14.8 Å². The molecule has 2 rings (SSSR count). The number of alkyl carbamates (subject to hydrolysis) is 1.